The maximum absolute atomic E-state index is 13.6. The number of anilines is 1. The number of Topliss-reactive ketones (excluding diaryl/α,β-unsaturated/α-hetero) is 1. The molecule has 0 spiro atoms. The molecule has 1 atom stereocenters. The maximum atomic E-state index is 13.6. The minimum Gasteiger partial charge on any atom is -0.306 e. The maximum Gasteiger partial charge on any atom is 0.276 e. The van der Waals surface area contributed by atoms with Gasteiger partial charge in [0.15, 0.2) is 0 Å². The van der Waals surface area contributed by atoms with Crippen LogP contribution in [0.1, 0.15) is 62.3 Å². The van der Waals surface area contributed by atoms with Gasteiger partial charge in [-0.1, -0.05) is 42.8 Å². The van der Waals surface area contributed by atoms with Crippen molar-refractivity contribution < 1.29 is 9.59 Å². The third kappa shape index (κ3) is 4.18. The average Bonchev–Trinajstić information content (AvgIpc) is 3.08. The molecule has 0 N–H and O–H groups in total. The predicted octanol–water partition coefficient (Wildman–Crippen LogP) is 6.44. The Balaban J connectivity index is 1.69. The summed E-state index contributed by atoms with van der Waals surface area (Å²) in [6.07, 6.45) is 3.55. The second-order valence-corrected chi connectivity index (χ2v) is 11.0. The Kier molecular flexibility index (Phi) is 6.63. The average molecular weight is 465 g/mol. The van der Waals surface area contributed by atoms with E-state index in [0.717, 1.165) is 45.3 Å². The minimum absolute atomic E-state index is 0.0863. The number of thioether (sulfide) groups is 2. The first kappa shape index (κ1) is 22.9. The molecule has 2 aromatic rings. The molecule has 4 rings (SSSR count). The van der Waals surface area contributed by atoms with E-state index < -0.39 is 4.75 Å². The Labute approximate surface area is 198 Å². The van der Waals surface area contributed by atoms with Gasteiger partial charge in [-0.2, -0.15) is 0 Å². The number of fused-ring (bicyclic) bond motifs is 2. The molecule has 1 amide bonds. The van der Waals surface area contributed by atoms with Crippen molar-refractivity contribution in [2.75, 3.05) is 17.2 Å². The number of pyridine rings is 1. The van der Waals surface area contributed by atoms with Crippen LogP contribution in [0.5, 0.6) is 0 Å². The molecule has 0 saturated carbocycles. The summed E-state index contributed by atoms with van der Waals surface area (Å²) in [7, 11) is 0. The minimum atomic E-state index is -0.417. The highest BCUT2D eigenvalue weighted by atomic mass is 32.2. The molecule has 2 aliphatic rings. The molecule has 2 aliphatic heterocycles. The summed E-state index contributed by atoms with van der Waals surface area (Å²) in [4.78, 5) is 34.8. The Morgan fingerprint density at radius 2 is 1.94 bits per heavy atom. The largest absolute Gasteiger partial charge is 0.306 e. The smallest absolute Gasteiger partial charge is 0.276 e. The van der Waals surface area contributed by atoms with E-state index >= 15 is 0 Å². The van der Waals surface area contributed by atoms with Gasteiger partial charge in [0.25, 0.3) is 5.91 Å². The van der Waals surface area contributed by atoms with E-state index in [0.29, 0.717) is 12.2 Å². The van der Waals surface area contributed by atoms with E-state index in [-0.39, 0.29) is 11.7 Å². The van der Waals surface area contributed by atoms with Gasteiger partial charge in [0.2, 0.25) is 0 Å². The molecule has 166 valence electrons. The molecule has 1 unspecified atom stereocenters. The lowest BCUT2D eigenvalue weighted by Gasteiger charge is -2.26. The number of hydrogen-bond acceptors (Lipinski definition) is 5. The van der Waals surface area contributed by atoms with Crippen LogP contribution in [-0.2, 0) is 4.79 Å². The van der Waals surface area contributed by atoms with Crippen molar-refractivity contribution in [3.8, 4) is 0 Å². The third-order valence-corrected chi connectivity index (χ3v) is 8.69. The number of para-hydroxylation sites is 1. The Morgan fingerprint density at radius 1 is 1.19 bits per heavy atom. The van der Waals surface area contributed by atoms with Gasteiger partial charge >= 0.3 is 0 Å². The molecule has 32 heavy (non-hydrogen) atoms. The fourth-order valence-corrected chi connectivity index (χ4v) is 6.41. The second kappa shape index (κ2) is 9.28. The molecule has 0 saturated heterocycles. The van der Waals surface area contributed by atoms with Gasteiger partial charge in [-0.05, 0) is 57.6 Å². The van der Waals surface area contributed by atoms with E-state index in [1.54, 1.807) is 36.5 Å². The highest BCUT2D eigenvalue weighted by Gasteiger charge is 2.42. The SMILES string of the molecule is C/C=C(\SCC)c1cccc(C(=O)N2CCC3=C(SC(C)(C(C)=O)C3)c3ccccc32)n1. The van der Waals surface area contributed by atoms with E-state index in [2.05, 4.69) is 13.0 Å². The topological polar surface area (TPSA) is 50.3 Å². The van der Waals surface area contributed by atoms with Gasteiger partial charge in [-0.3, -0.25) is 9.59 Å². The molecule has 0 aliphatic carbocycles. The zero-order valence-corrected chi connectivity index (χ0v) is 20.6. The summed E-state index contributed by atoms with van der Waals surface area (Å²) in [6, 6.07) is 13.7. The number of ketones is 1. The lowest BCUT2D eigenvalue weighted by atomic mass is 9.94. The van der Waals surface area contributed by atoms with Crippen LogP contribution in [0.4, 0.5) is 5.69 Å². The normalized spacial score (nSPS) is 20.6. The summed E-state index contributed by atoms with van der Waals surface area (Å²) >= 11 is 3.38. The first-order valence-corrected chi connectivity index (χ1v) is 12.8. The molecule has 6 heteroatoms. The monoisotopic (exact) mass is 464 g/mol. The molecule has 0 radical (unpaired) electrons. The highest BCUT2D eigenvalue weighted by Crippen LogP contribution is 2.55. The quantitative estimate of drug-likeness (QED) is 0.509. The van der Waals surface area contributed by atoms with Gasteiger partial charge in [0.1, 0.15) is 11.5 Å². The number of rotatable bonds is 5. The summed E-state index contributed by atoms with van der Waals surface area (Å²) in [5.74, 6) is 1.07. The lowest BCUT2D eigenvalue weighted by Crippen LogP contribution is -2.33. The summed E-state index contributed by atoms with van der Waals surface area (Å²) in [5.41, 5.74) is 4.49. The van der Waals surface area contributed by atoms with Crippen LogP contribution in [0.2, 0.25) is 0 Å². The van der Waals surface area contributed by atoms with Gasteiger partial charge in [-0.15, -0.1) is 23.5 Å². The van der Waals surface area contributed by atoms with Crippen molar-refractivity contribution in [2.45, 2.75) is 45.3 Å². The first-order chi connectivity index (χ1) is 15.4. The van der Waals surface area contributed by atoms with E-state index in [1.807, 2.05) is 55.2 Å². The van der Waals surface area contributed by atoms with Crippen LogP contribution < -0.4 is 4.90 Å². The first-order valence-electron chi connectivity index (χ1n) is 11.0. The number of benzene rings is 1. The number of allylic oxidation sites excluding steroid dienone is 1. The number of nitrogens with zero attached hydrogens (tertiary/aromatic N) is 2. The van der Waals surface area contributed by atoms with Crippen molar-refractivity contribution in [2.24, 2.45) is 0 Å². The number of carbonyl (C=O) groups excluding carboxylic acids is 2. The zero-order chi connectivity index (χ0) is 22.9. The number of amides is 1. The Bertz CT molecular complexity index is 1140. The molecule has 0 bridgehead atoms. The van der Waals surface area contributed by atoms with Crippen LogP contribution in [0.15, 0.2) is 54.1 Å². The molecular formula is C26H28N2O2S2. The molecule has 0 fully saturated rings. The fraction of sp³-hybridized carbons (Fsp3) is 0.346. The van der Waals surface area contributed by atoms with Crippen molar-refractivity contribution in [1.29, 1.82) is 0 Å². The van der Waals surface area contributed by atoms with Crippen molar-refractivity contribution in [1.82, 2.24) is 4.98 Å². The van der Waals surface area contributed by atoms with E-state index in [1.165, 1.54) is 5.57 Å². The lowest BCUT2D eigenvalue weighted by molar-refractivity contribution is -0.118. The van der Waals surface area contributed by atoms with Gasteiger partial charge in [-0.25, -0.2) is 4.98 Å². The number of carbonyl (C=O) groups is 2. The van der Waals surface area contributed by atoms with Crippen LogP contribution >= 0.6 is 23.5 Å². The van der Waals surface area contributed by atoms with Gasteiger partial charge in [0, 0.05) is 21.9 Å². The second-order valence-electron chi connectivity index (χ2n) is 8.22. The van der Waals surface area contributed by atoms with E-state index in [9.17, 15) is 9.59 Å². The van der Waals surface area contributed by atoms with Crippen LogP contribution in [-0.4, -0.2) is 33.7 Å². The van der Waals surface area contributed by atoms with Crippen molar-refractivity contribution in [3.05, 3.63) is 71.1 Å². The summed E-state index contributed by atoms with van der Waals surface area (Å²) in [5, 5.41) is 0. The standard InChI is InChI=1S/C26H28N2O2S2/c1-5-23(31-6-2)20-11-9-12-21(27-20)25(30)28-15-14-18-16-26(4,17(3)29)32-24(18)19-10-7-8-13-22(19)28/h5,7-13H,6,14-16H2,1-4H3/b23-5-. The zero-order valence-electron chi connectivity index (χ0n) is 19.0. The Hall–Kier alpha value is -2.31. The molecular weight excluding hydrogens is 436 g/mol. The highest BCUT2D eigenvalue weighted by molar-refractivity contribution is 8.10. The summed E-state index contributed by atoms with van der Waals surface area (Å²) in [6.45, 7) is 8.39. The third-order valence-electron chi connectivity index (χ3n) is 6.05. The van der Waals surface area contributed by atoms with Crippen molar-refractivity contribution in [3.63, 3.8) is 0 Å². The molecule has 1 aromatic heterocycles. The van der Waals surface area contributed by atoms with Crippen molar-refractivity contribution >= 4 is 50.7 Å². The van der Waals surface area contributed by atoms with Crippen LogP contribution in [0, 0.1) is 0 Å². The molecule has 3 heterocycles. The molecule has 1 aromatic carbocycles. The Morgan fingerprint density at radius 3 is 2.66 bits per heavy atom. The van der Waals surface area contributed by atoms with Gasteiger partial charge in [0.05, 0.1) is 16.1 Å². The van der Waals surface area contributed by atoms with Crippen LogP contribution in [0.25, 0.3) is 9.81 Å². The molecule has 4 nitrogen and oxygen atoms in total. The predicted molar refractivity (Wildman–Crippen MR) is 137 cm³/mol. The number of aromatic nitrogens is 1. The van der Waals surface area contributed by atoms with E-state index in [4.69, 9.17) is 4.98 Å². The van der Waals surface area contributed by atoms with Crippen LogP contribution in [0.3, 0.4) is 0 Å². The van der Waals surface area contributed by atoms with Gasteiger partial charge < -0.3 is 4.90 Å². The fourth-order valence-electron chi connectivity index (χ4n) is 4.23. The summed E-state index contributed by atoms with van der Waals surface area (Å²) < 4.78 is -0.417. The number of hydrogen-bond donors (Lipinski definition) is 0.